The molecule has 1 fully saturated rings. The fraction of sp³-hybridized carbons (Fsp3) is 0.462. The highest BCUT2D eigenvalue weighted by molar-refractivity contribution is 7.89. The Balaban J connectivity index is 2.14. The number of rotatable bonds is 4. The lowest BCUT2D eigenvalue weighted by atomic mass is 10.1. The first kappa shape index (κ1) is 13.8. The van der Waals surface area contributed by atoms with Gasteiger partial charge in [-0.05, 0) is 36.0 Å². The highest BCUT2D eigenvalue weighted by Gasteiger charge is 2.45. The van der Waals surface area contributed by atoms with Crippen molar-refractivity contribution in [2.45, 2.75) is 25.2 Å². The van der Waals surface area contributed by atoms with Gasteiger partial charge in [0, 0.05) is 6.54 Å². The highest BCUT2D eigenvalue weighted by Crippen LogP contribution is 2.51. The van der Waals surface area contributed by atoms with Crippen molar-refractivity contribution in [2.24, 2.45) is 11.3 Å². The van der Waals surface area contributed by atoms with Crippen molar-refractivity contribution in [3.05, 3.63) is 23.8 Å². The van der Waals surface area contributed by atoms with Crippen molar-refractivity contribution in [2.75, 3.05) is 12.3 Å². The molecule has 1 aliphatic carbocycles. The van der Waals surface area contributed by atoms with E-state index in [1.165, 1.54) is 18.2 Å². The minimum atomic E-state index is -3.61. The zero-order valence-corrected chi connectivity index (χ0v) is 11.8. The minimum absolute atomic E-state index is 0.0324. The van der Waals surface area contributed by atoms with Gasteiger partial charge in [-0.3, -0.25) is 0 Å². The molecule has 0 aromatic heterocycles. The molecule has 2 rings (SSSR count). The molecule has 0 bridgehead atoms. The van der Waals surface area contributed by atoms with E-state index >= 15 is 0 Å². The molecule has 1 atom stereocenters. The van der Waals surface area contributed by atoms with E-state index in [9.17, 15) is 8.42 Å². The van der Waals surface area contributed by atoms with Crippen LogP contribution in [0.3, 0.4) is 0 Å². The molecule has 0 radical (unpaired) electrons. The SMILES string of the molecule is CC1(C)CC1CNS(=O)(=O)c1ccc(C#N)cc1N. The smallest absolute Gasteiger partial charge is 0.242 e. The summed E-state index contributed by atoms with van der Waals surface area (Å²) in [5.74, 6) is 0.377. The quantitative estimate of drug-likeness (QED) is 0.816. The van der Waals surface area contributed by atoms with Crippen LogP contribution in [0.4, 0.5) is 5.69 Å². The van der Waals surface area contributed by atoms with E-state index in [-0.39, 0.29) is 16.0 Å². The van der Waals surface area contributed by atoms with Crippen LogP contribution in [0, 0.1) is 22.7 Å². The van der Waals surface area contributed by atoms with Crippen molar-refractivity contribution >= 4 is 15.7 Å². The van der Waals surface area contributed by atoms with Crippen molar-refractivity contribution in [3.8, 4) is 6.07 Å². The molecule has 0 amide bonds. The summed E-state index contributed by atoms with van der Waals surface area (Å²) < 4.78 is 26.8. The molecule has 0 saturated heterocycles. The van der Waals surface area contributed by atoms with Crippen LogP contribution in [-0.4, -0.2) is 15.0 Å². The Kier molecular flexibility index (Phi) is 3.29. The zero-order valence-electron chi connectivity index (χ0n) is 11.0. The van der Waals surface area contributed by atoms with Crippen molar-refractivity contribution < 1.29 is 8.42 Å². The van der Waals surface area contributed by atoms with Crippen LogP contribution in [0.5, 0.6) is 0 Å². The van der Waals surface area contributed by atoms with E-state index in [0.29, 0.717) is 18.0 Å². The third-order valence-corrected chi connectivity index (χ3v) is 5.16. The molecule has 0 heterocycles. The highest BCUT2D eigenvalue weighted by atomic mass is 32.2. The van der Waals surface area contributed by atoms with Gasteiger partial charge < -0.3 is 5.73 Å². The molecular formula is C13H17N3O2S. The number of nitrogens with one attached hydrogen (secondary N) is 1. The van der Waals surface area contributed by atoms with Crippen molar-refractivity contribution in [3.63, 3.8) is 0 Å². The summed E-state index contributed by atoms with van der Waals surface area (Å²) in [6.45, 7) is 4.65. The van der Waals surface area contributed by atoms with Gasteiger partial charge in [0.1, 0.15) is 4.90 Å². The molecule has 1 saturated carbocycles. The van der Waals surface area contributed by atoms with Gasteiger partial charge in [-0.25, -0.2) is 13.1 Å². The molecule has 6 heteroatoms. The number of benzene rings is 1. The predicted molar refractivity (Wildman–Crippen MR) is 72.6 cm³/mol. The third kappa shape index (κ3) is 2.88. The Morgan fingerprint density at radius 3 is 2.63 bits per heavy atom. The Morgan fingerprint density at radius 1 is 1.53 bits per heavy atom. The van der Waals surface area contributed by atoms with Crippen LogP contribution >= 0.6 is 0 Å². The Labute approximate surface area is 113 Å². The van der Waals surface area contributed by atoms with Gasteiger partial charge >= 0.3 is 0 Å². The van der Waals surface area contributed by atoms with Gasteiger partial charge in [0.15, 0.2) is 0 Å². The second kappa shape index (κ2) is 4.51. The first-order valence-corrected chi connectivity index (χ1v) is 7.54. The molecule has 1 unspecified atom stereocenters. The first-order valence-electron chi connectivity index (χ1n) is 6.05. The van der Waals surface area contributed by atoms with Gasteiger partial charge in [-0.15, -0.1) is 0 Å². The third-order valence-electron chi connectivity index (χ3n) is 3.67. The summed E-state index contributed by atoms with van der Waals surface area (Å²) in [5.41, 5.74) is 6.35. The number of nitrogens with zero attached hydrogens (tertiary/aromatic N) is 1. The summed E-state index contributed by atoms with van der Waals surface area (Å²) in [6.07, 6.45) is 1.03. The lowest BCUT2D eigenvalue weighted by Gasteiger charge is -2.10. The molecule has 0 spiro atoms. The maximum atomic E-state index is 12.1. The van der Waals surface area contributed by atoms with Crippen molar-refractivity contribution in [1.82, 2.24) is 4.72 Å². The predicted octanol–water partition coefficient (Wildman–Crippen LogP) is 1.46. The normalized spacial score (nSPS) is 20.8. The van der Waals surface area contributed by atoms with E-state index in [1.54, 1.807) is 0 Å². The Bertz CT molecular complexity index is 644. The van der Waals surface area contributed by atoms with Crippen LogP contribution in [0.2, 0.25) is 0 Å². The molecular weight excluding hydrogens is 262 g/mol. The molecule has 102 valence electrons. The van der Waals surface area contributed by atoms with E-state index in [1.807, 2.05) is 6.07 Å². The summed E-state index contributed by atoms with van der Waals surface area (Å²) >= 11 is 0. The van der Waals surface area contributed by atoms with E-state index in [4.69, 9.17) is 11.0 Å². The van der Waals surface area contributed by atoms with Crippen LogP contribution < -0.4 is 10.5 Å². The molecule has 3 N–H and O–H groups in total. The Morgan fingerprint density at radius 2 is 2.16 bits per heavy atom. The first-order chi connectivity index (χ1) is 8.76. The van der Waals surface area contributed by atoms with Crippen LogP contribution in [0.25, 0.3) is 0 Å². The maximum absolute atomic E-state index is 12.1. The molecule has 1 aromatic rings. The standard InChI is InChI=1S/C13H17N3O2S/c1-13(2)6-10(13)8-16-19(17,18)12-4-3-9(7-14)5-11(12)15/h3-5,10,16H,6,8,15H2,1-2H3. The number of sulfonamides is 1. The molecule has 1 aromatic carbocycles. The van der Waals surface area contributed by atoms with E-state index in [0.717, 1.165) is 6.42 Å². The maximum Gasteiger partial charge on any atom is 0.242 e. The van der Waals surface area contributed by atoms with Gasteiger partial charge in [-0.1, -0.05) is 13.8 Å². The van der Waals surface area contributed by atoms with Gasteiger partial charge in [-0.2, -0.15) is 5.26 Å². The molecule has 0 aliphatic heterocycles. The number of hydrogen-bond acceptors (Lipinski definition) is 4. The number of hydrogen-bond donors (Lipinski definition) is 2. The van der Waals surface area contributed by atoms with Gasteiger partial charge in [0.25, 0.3) is 0 Å². The van der Waals surface area contributed by atoms with E-state index < -0.39 is 10.0 Å². The van der Waals surface area contributed by atoms with Gasteiger partial charge in [0.2, 0.25) is 10.0 Å². The fourth-order valence-corrected chi connectivity index (χ4v) is 3.27. The molecule has 1 aliphatic rings. The summed E-state index contributed by atoms with van der Waals surface area (Å²) in [7, 11) is -3.61. The number of nitrogens with two attached hydrogens (primary N) is 1. The lowest BCUT2D eigenvalue weighted by Crippen LogP contribution is -2.27. The lowest BCUT2D eigenvalue weighted by molar-refractivity contribution is 0.538. The van der Waals surface area contributed by atoms with Crippen molar-refractivity contribution in [1.29, 1.82) is 5.26 Å². The molecule has 19 heavy (non-hydrogen) atoms. The average Bonchev–Trinajstić information content (AvgIpc) is 2.94. The largest absolute Gasteiger partial charge is 0.398 e. The van der Waals surface area contributed by atoms with E-state index in [2.05, 4.69) is 18.6 Å². The van der Waals surface area contributed by atoms with Crippen LogP contribution in [-0.2, 0) is 10.0 Å². The topological polar surface area (TPSA) is 96.0 Å². The second-order valence-electron chi connectivity index (χ2n) is 5.61. The van der Waals surface area contributed by atoms with Crippen LogP contribution in [0.15, 0.2) is 23.1 Å². The minimum Gasteiger partial charge on any atom is -0.398 e. The average molecular weight is 279 g/mol. The number of nitriles is 1. The fourth-order valence-electron chi connectivity index (χ4n) is 2.08. The summed E-state index contributed by atoms with van der Waals surface area (Å²) in [4.78, 5) is 0.0324. The number of nitrogen functional groups attached to an aromatic ring is 1. The summed E-state index contributed by atoms with van der Waals surface area (Å²) in [6, 6.07) is 6.11. The van der Waals surface area contributed by atoms with Crippen LogP contribution in [0.1, 0.15) is 25.8 Å². The molecule has 5 nitrogen and oxygen atoms in total. The second-order valence-corrected chi connectivity index (χ2v) is 7.34. The zero-order chi connectivity index (χ0) is 14.3. The Hall–Kier alpha value is -1.58. The number of anilines is 1. The van der Waals surface area contributed by atoms with Gasteiger partial charge in [0.05, 0.1) is 17.3 Å². The summed E-state index contributed by atoms with van der Waals surface area (Å²) in [5, 5.41) is 8.73. The monoisotopic (exact) mass is 279 g/mol.